The number of ether oxygens (including phenoxy) is 1. The van der Waals surface area contributed by atoms with Gasteiger partial charge in [-0.1, -0.05) is 29.8 Å². The van der Waals surface area contributed by atoms with Crippen LogP contribution in [-0.2, 0) is 0 Å². The highest BCUT2D eigenvalue weighted by Crippen LogP contribution is 2.25. The van der Waals surface area contributed by atoms with Crippen LogP contribution in [0.5, 0.6) is 5.88 Å². The molecule has 0 N–H and O–H groups in total. The number of fused-ring (bicyclic) bond motifs is 1. The average molecular weight is 439 g/mol. The molecule has 2 aromatic heterocycles. The zero-order valence-electron chi connectivity index (χ0n) is 12.0. The maximum absolute atomic E-state index is 5.86. The molecule has 0 spiro atoms. The van der Waals surface area contributed by atoms with Gasteiger partial charge in [-0.25, -0.2) is 4.98 Å². The molecule has 0 atom stereocenters. The van der Waals surface area contributed by atoms with Crippen molar-refractivity contribution in [3.8, 4) is 5.88 Å². The van der Waals surface area contributed by atoms with E-state index in [0.29, 0.717) is 11.0 Å². The minimum atomic E-state index is 0.0922. The van der Waals surface area contributed by atoms with Gasteiger partial charge in [-0.05, 0) is 40.8 Å². The molecule has 0 radical (unpaired) electrons. The first-order valence-electron chi connectivity index (χ1n) is 7.15. The van der Waals surface area contributed by atoms with Crippen molar-refractivity contribution >= 4 is 50.9 Å². The first-order chi connectivity index (χ1) is 11.2. The second kappa shape index (κ2) is 6.09. The van der Waals surface area contributed by atoms with Crippen LogP contribution < -0.4 is 9.64 Å². The summed E-state index contributed by atoms with van der Waals surface area (Å²) in [5.41, 5.74) is 1.01. The molecular weight excluding hydrogens is 427 g/mol. The molecular formula is C16H12ClIN4O. The number of nitrogens with zero attached hydrogens (tertiary/aromatic N) is 4. The summed E-state index contributed by atoms with van der Waals surface area (Å²) in [6.45, 7) is 1.57. The van der Waals surface area contributed by atoms with Gasteiger partial charge in [0.15, 0.2) is 5.15 Å². The third-order valence-electron chi connectivity index (χ3n) is 3.73. The van der Waals surface area contributed by atoms with Crippen LogP contribution in [0.2, 0.25) is 5.15 Å². The van der Waals surface area contributed by atoms with Gasteiger partial charge < -0.3 is 9.64 Å². The minimum absolute atomic E-state index is 0.0922. The van der Waals surface area contributed by atoms with Crippen molar-refractivity contribution in [1.82, 2.24) is 15.2 Å². The Morgan fingerprint density at radius 2 is 1.96 bits per heavy atom. The normalized spacial score (nSPS) is 14.8. The smallest absolute Gasteiger partial charge is 0.234 e. The van der Waals surface area contributed by atoms with Crippen LogP contribution in [0.1, 0.15) is 0 Å². The fraction of sp³-hybridized carbons (Fsp3) is 0.188. The van der Waals surface area contributed by atoms with E-state index >= 15 is 0 Å². The highest BCUT2D eigenvalue weighted by molar-refractivity contribution is 14.1. The third-order valence-corrected chi connectivity index (χ3v) is 5.15. The highest BCUT2D eigenvalue weighted by Gasteiger charge is 2.30. The standard InChI is InChI=1S/C16H12ClIN4O/c17-16-12(18)7-15(20-21-16)23-11-8-22(9-11)14-6-5-10-3-1-2-4-13(10)19-14/h1-7,11H,8-9H2. The monoisotopic (exact) mass is 438 g/mol. The van der Waals surface area contributed by atoms with Crippen LogP contribution >= 0.6 is 34.2 Å². The number of hydrogen-bond acceptors (Lipinski definition) is 5. The third kappa shape index (κ3) is 3.05. The summed E-state index contributed by atoms with van der Waals surface area (Å²) in [5, 5.41) is 9.36. The van der Waals surface area contributed by atoms with Crippen LogP contribution in [0, 0.1) is 3.57 Å². The quantitative estimate of drug-likeness (QED) is 0.586. The SMILES string of the molecule is Clc1nnc(OC2CN(c3ccc4ccccc4n3)C2)cc1I. The Morgan fingerprint density at radius 3 is 2.78 bits per heavy atom. The van der Waals surface area contributed by atoms with E-state index in [1.54, 1.807) is 6.07 Å². The molecule has 5 nitrogen and oxygen atoms in total. The number of hydrogen-bond donors (Lipinski definition) is 0. The Kier molecular flexibility index (Phi) is 3.94. The molecule has 4 rings (SSSR count). The number of halogens is 2. The maximum Gasteiger partial charge on any atom is 0.234 e. The van der Waals surface area contributed by atoms with Crippen molar-refractivity contribution in [2.75, 3.05) is 18.0 Å². The van der Waals surface area contributed by atoms with Crippen molar-refractivity contribution in [3.63, 3.8) is 0 Å². The van der Waals surface area contributed by atoms with Gasteiger partial charge in [0, 0.05) is 11.5 Å². The van der Waals surface area contributed by atoms with Crippen molar-refractivity contribution in [2.24, 2.45) is 0 Å². The van der Waals surface area contributed by atoms with Gasteiger partial charge in [-0.15, -0.1) is 10.2 Å². The Labute approximate surface area is 151 Å². The van der Waals surface area contributed by atoms with E-state index in [0.717, 1.165) is 33.4 Å². The van der Waals surface area contributed by atoms with Gasteiger partial charge in [0.05, 0.1) is 22.2 Å². The molecule has 1 aliphatic heterocycles. The molecule has 0 aliphatic carbocycles. The molecule has 1 fully saturated rings. The summed E-state index contributed by atoms with van der Waals surface area (Å²) < 4.78 is 6.65. The summed E-state index contributed by atoms with van der Waals surface area (Å²) in [6.07, 6.45) is 0.0922. The molecule has 1 saturated heterocycles. The summed E-state index contributed by atoms with van der Waals surface area (Å²) in [5.74, 6) is 1.48. The zero-order valence-corrected chi connectivity index (χ0v) is 14.9. The van der Waals surface area contributed by atoms with Crippen molar-refractivity contribution in [1.29, 1.82) is 0 Å². The molecule has 116 valence electrons. The molecule has 1 aliphatic rings. The van der Waals surface area contributed by atoms with E-state index in [-0.39, 0.29) is 6.10 Å². The fourth-order valence-electron chi connectivity index (χ4n) is 2.50. The van der Waals surface area contributed by atoms with Crippen molar-refractivity contribution in [2.45, 2.75) is 6.10 Å². The predicted molar refractivity (Wildman–Crippen MR) is 98.1 cm³/mol. The van der Waals surface area contributed by atoms with Gasteiger partial charge in [0.1, 0.15) is 11.9 Å². The highest BCUT2D eigenvalue weighted by atomic mass is 127. The van der Waals surface area contributed by atoms with Gasteiger partial charge in [0.25, 0.3) is 0 Å². The average Bonchev–Trinajstić information content (AvgIpc) is 2.53. The maximum atomic E-state index is 5.86. The molecule has 0 bridgehead atoms. The second-order valence-corrected chi connectivity index (χ2v) is 6.85. The lowest BCUT2D eigenvalue weighted by Gasteiger charge is -2.39. The number of para-hydroxylation sites is 1. The van der Waals surface area contributed by atoms with E-state index < -0.39 is 0 Å². The number of pyridine rings is 1. The van der Waals surface area contributed by atoms with Crippen LogP contribution in [0.4, 0.5) is 5.82 Å². The van der Waals surface area contributed by atoms with Gasteiger partial charge >= 0.3 is 0 Å². The van der Waals surface area contributed by atoms with E-state index in [1.165, 1.54) is 0 Å². The van der Waals surface area contributed by atoms with Crippen LogP contribution in [-0.4, -0.2) is 34.4 Å². The van der Waals surface area contributed by atoms with Gasteiger partial charge in [-0.2, -0.15) is 0 Å². The summed E-state index contributed by atoms with van der Waals surface area (Å²) in [7, 11) is 0. The Hall–Kier alpha value is -1.67. The largest absolute Gasteiger partial charge is 0.469 e. The Morgan fingerprint density at radius 1 is 1.13 bits per heavy atom. The van der Waals surface area contributed by atoms with Gasteiger partial charge in [-0.3, -0.25) is 0 Å². The number of anilines is 1. The number of benzene rings is 1. The molecule has 0 saturated carbocycles. The fourth-order valence-corrected chi connectivity index (χ4v) is 2.96. The second-order valence-electron chi connectivity index (χ2n) is 5.33. The molecule has 23 heavy (non-hydrogen) atoms. The van der Waals surface area contributed by atoms with Crippen LogP contribution in [0.3, 0.4) is 0 Å². The van der Waals surface area contributed by atoms with Crippen LogP contribution in [0.25, 0.3) is 10.9 Å². The topological polar surface area (TPSA) is 51.1 Å². The van der Waals surface area contributed by atoms with Crippen molar-refractivity contribution < 1.29 is 4.74 Å². The molecule has 3 aromatic rings. The van der Waals surface area contributed by atoms with E-state index in [9.17, 15) is 0 Å². The minimum Gasteiger partial charge on any atom is -0.469 e. The molecule has 1 aromatic carbocycles. The first-order valence-corrected chi connectivity index (χ1v) is 8.61. The van der Waals surface area contributed by atoms with E-state index in [4.69, 9.17) is 16.3 Å². The van der Waals surface area contributed by atoms with E-state index in [1.807, 2.05) is 24.3 Å². The Balaban J connectivity index is 1.43. The lowest BCUT2D eigenvalue weighted by Crippen LogP contribution is -2.54. The Bertz CT molecular complexity index is 870. The molecule has 0 amide bonds. The number of rotatable bonds is 3. The molecule has 0 unspecified atom stereocenters. The lowest BCUT2D eigenvalue weighted by molar-refractivity contribution is 0.158. The molecule has 7 heteroatoms. The summed E-state index contributed by atoms with van der Waals surface area (Å²) >= 11 is 7.98. The molecule has 3 heterocycles. The van der Waals surface area contributed by atoms with E-state index in [2.05, 4.69) is 54.8 Å². The van der Waals surface area contributed by atoms with Gasteiger partial charge in [0.2, 0.25) is 5.88 Å². The predicted octanol–water partition coefficient (Wildman–Crippen LogP) is 3.55. The lowest BCUT2D eigenvalue weighted by atomic mass is 10.1. The number of aromatic nitrogens is 3. The summed E-state index contributed by atoms with van der Waals surface area (Å²) in [4.78, 5) is 6.87. The van der Waals surface area contributed by atoms with Crippen molar-refractivity contribution in [3.05, 3.63) is 51.2 Å². The first kappa shape index (κ1) is 14.9. The zero-order chi connectivity index (χ0) is 15.8. The summed E-state index contributed by atoms with van der Waals surface area (Å²) in [6, 6.07) is 14.1. The van der Waals surface area contributed by atoms with Crippen LogP contribution in [0.15, 0.2) is 42.5 Å².